The van der Waals surface area contributed by atoms with Gasteiger partial charge < -0.3 is 19.9 Å². The average Bonchev–Trinajstić information content (AvgIpc) is 2.99. The van der Waals surface area contributed by atoms with E-state index in [0.717, 1.165) is 37.5 Å². The van der Waals surface area contributed by atoms with E-state index in [2.05, 4.69) is 17.4 Å². The van der Waals surface area contributed by atoms with E-state index in [-0.39, 0.29) is 0 Å². The fourth-order valence-corrected chi connectivity index (χ4v) is 4.55. The minimum atomic E-state index is -0.950. The summed E-state index contributed by atoms with van der Waals surface area (Å²) >= 11 is 1.68. The molecule has 0 aliphatic carbocycles. The van der Waals surface area contributed by atoms with E-state index in [1.165, 1.54) is 0 Å². The molecule has 6 nitrogen and oxygen atoms in total. The number of ether oxygens (including phenoxy) is 2. The Balaban J connectivity index is 1.36. The lowest BCUT2D eigenvalue weighted by Crippen LogP contribution is -2.31. The lowest BCUT2D eigenvalue weighted by atomic mass is 10.1. The molecule has 1 aliphatic heterocycles. The Labute approximate surface area is 197 Å². The SMILES string of the molecule is CCOC(Cc1ccc(OCCNC2=c3ccccc3=Nc3ccccc3S2)cc1)C(=O)O. The first kappa shape index (κ1) is 22.9. The van der Waals surface area contributed by atoms with Gasteiger partial charge in [0.2, 0.25) is 0 Å². The number of nitrogens with one attached hydrogen (secondary N) is 1. The molecule has 33 heavy (non-hydrogen) atoms. The van der Waals surface area contributed by atoms with Gasteiger partial charge in [0, 0.05) is 29.7 Å². The van der Waals surface area contributed by atoms with Gasteiger partial charge in [0.25, 0.3) is 0 Å². The molecule has 0 bridgehead atoms. The van der Waals surface area contributed by atoms with Crippen LogP contribution in [0.2, 0.25) is 0 Å². The second-order valence-corrected chi connectivity index (χ2v) is 8.49. The van der Waals surface area contributed by atoms with Crippen molar-refractivity contribution >= 4 is 28.4 Å². The van der Waals surface area contributed by atoms with Gasteiger partial charge in [0.1, 0.15) is 12.4 Å². The molecule has 0 saturated heterocycles. The van der Waals surface area contributed by atoms with Crippen molar-refractivity contribution in [1.82, 2.24) is 5.32 Å². The van der Waals surface area contributed by atoms with Crippen LogP contribution < -0.4 is 20.6 Å². The van der Waals surface area contributed by atoms with Crippen LogP contribution in [0.5, 0.6) is 5.75 Å². The first-order chi connectivity index (χ1) is 16.1. The van der Waals surface area contributed by atoms with Gasteiger partial charge in [-0.3, -0.25) is 0 Å². The number of benzene rings is 3. The minimum absolute atomic E-state index is 0.326. The third-order valence-electron chi connectivity index (χ3n) is 5.11. The summed E-state index contributed by atoms with van der Waals surface area (Å²) in [6.07, 6.45) is -0.508. The number of hydrogen-bond acceptors (Lipinski definition) is 6. The average molecular weight is 463 g/mol. The summed E-state index contributed by atoms with van der Waals surface area (Å²) in [6.45, 7) is 3.28. The molecule has 3 aromatic carbocycles. The van der Waals surface area contributed by atoms with Crippen molar-refractivity contribution in [2.45, 2.75) is 24.3 Å². The number of nitrogens with zero attached hydrogens (tertiary/aromatic N) is 1. The van der Waals surface area contributed by atoms with Gasteiger partial charge in [-0.2, -0.15) is 0 Å². The molecule has 7 heteroatoms. The molecule has 170 valence electrons. The molecule has 0 fully saturated rings. The molecule has 2 N–H and O–H groups in total. The maximum atomic E-state index is 11.3. The normalized spacial score (nSPS) is 13.2. The first-order valence-electron chi connectivity index (χ1n) is 10.9. The summed E-state index contributed by atoms with van der Waals surface area (Å²) in [5.41, 5.74) is 1.86. The van der Waals surface area contributed by atoms with Crippen LogP contribution in [0.15, 0.2) is 82.7 Å². The van der Waals surface area contributed by atoms with Crippen LogP contribution in [0.3, 0.4) is 0 Å². The lowest BCUT2D eigenvalue weighted by Gasteiger charge is -2.13. The highest BCUT2D eigenvalue weighted by Crippen LogP contribution is 2.34. The third kappa shape index (κ3) is 5.94. The zero-order valence-electron chi connectivity index (χ0n) is 18.4. The summed E-state index contributed by atoms with van der Waals surface area (Å²) in [4.78, 5) is 17.2. The first-order valence-corrected chi connectivity index (χ1v) is 11.7. The van der Waals surface area contributed by atoms with Crippen LogP contribution in [0.25, 0.3) is 5.03 Å². The molecule has 0 radical (unpaired) electrons. The summed E-state index contributed by atoms with van der Waals surface area (Å²) in [7, 11) is 0. The van der Waals surface area contributed by atoms with Crippen LogP contribution in [0, 0.1) is 0 Å². The predicted molar refractivity (Wildman–Crippen MR) is 129 cm³/mol. The molecule has 1 aliphatic rings. The van der Waals surface area contributed by atoms with Crippen molar-refractivity contribution in [2.75, 3.05) is 19.8 Å². The summed E-state index contributed by atoms with van der Waals surface area (Å²) in [6, 6.07) is 23.7. The molecule has 0 aromatic heterocycles. The Kier molecular flexibility index (Phi) is 7.65. The summed E-state index contributed by atoms with van der Waals surface area (Å²) < 4.78 is 11.2. The molecule has 1 unspecified atom stereocenters. The van der Waals surface area contributed by atoms with Crippen molar-refractivity contribution < 1.29 is 19.4 Å². The smallest absolute Gasteiger partial charge is 0.333 e. The van der Waals surface area contributed by atoms with E-state index in [0.29, 0.717) is 26.2 Å². The van der Waals surface area contributed by atoms with E-state index < -0.39 is 12.1 Å². The second kappa shape index (κ2) is 11.0. The minimum Gasteiger partial charge on any atom is -0.492 e. The topological polar surface area (TPSA) is 80.2 Å². The third-order valence-corrected chi connectivity index (χ3v) is 6.24. The number of hydrogen-bond donors (Lipinski definition) is 2. The summed E-state index contributed by atoms with van der Waals surface area (Å²) in [5.74, 6) is -0.211. The molecule has 1 heterocycles. The Morgan fingerprint density at radius 2 is 1.82 bits per heavy atom. The number of carboxylic acids is 1. The molecule has 0 spiro atoms. The molecule has 0 amide bonds. The number of para-hydroxylation sites is 2. The number of thioether (sulfide) groups is 1. The predicted octanol–water partition coefficient (Wildman–Crippen LogP) is 3.51. The van der Waals surface area contributed by atoms with Crippen molar-refractivity contribution in [3.63, 3.8) is 0 Å². The molecule has 3 aromatic rings. The van der Waals surface area contributed by atoms with Crippen LogP contribution >= 0.6 is 11.8 Å². The maximum Gasteiger partial charge on any atom is 0.333 e. The summed E-state index contributed by atoms with van der Waals surface area (Å²) in [5, 5.41) is 15.8. The maximum absolute atomic E-state index is 11.3. The van der Waals surface area contributed by atoms with Crippen LogP contribution in [0.1, 0.15) is 12.5 Å². The molecule has 4 rings (SSSR count). The van der Waals surface area contributed by atoms with Gasteiger partial charge in [0.15, 0.2) is 6.10 Å². The standard InChI is InChI=1S/C26H26N2O4S/c1-2-31-23(26(29)30)17-18-11-13-19(14-12-18)32-16-15-27-25-20-7-3-4-8-21(20)28-22-9-5-6-10-24(22)33-25/h3-14,23,27H,2,15-17H2,1H3,(H,29,30). The van der Waals surface area contributed by atoms with Crippen molar-refractivity contribution in [2.24, 2.45) is 4.99 Å². The van der Waals surface area contributed by atoms with Crippen molar-refractivity contribution in [1.29, 1.82) is 0 Å². The van der Waals surface area contributed by atoms with E-state index in [1.807, 2.05) is 60.7 Å². The number of aliphatic carboxylic acids is 1. The van der Waals surface area contributed by atoms with Gasteiger partial charge in [0.05, 0.1) is 16.1 Å². The van der Waals surface area contributed by atoms with Crippen molar-refractivity contribution in [3.05, 3.63) is 88.9 Å². The van der Waals surface area contributed by atoms with Gasteiger partial charge in [-0.05, 0) is 42.8 Å². The monoisotopic (exact) mass is 462 g/mol. The van der Waals surface area contributed by atoms with E-state index in [9.17, 15) is 9.90 Å². The van der Waals surface area contributed by atoms with Gasteiger partial charge >= 0.3 is 5.97 Å². The zero-order chi connectivity index (χ0) is 23.0. The van der Waals surface area contributed by atoms with Gasteiger partial charge in [-0.15, -0.1) is 0 Å². The van der Waals surface area contributed by atoms with Crippen LogP contribution in [-0.2, 0) is 16.0 Å². The highest BCUT2D eigenvalue weighted by molar-refractivity contribution is 8.08. The fourth-order valence-electron chi connectivity index (χ4n) is 3.51. The Morgan fingerprint density at radius 1 is 1.06 bits per heavy atom. The van der Waals surface area contributed by atoms with E-state index in [1.54, 1.807) is 18.7 Å². The lowest BCUT2D eigenvalue weighted by molar-refractivity contribution is -0.149. The van der Waals surface area contributed by atoms with E-state index >= 15 is 0 Å². The number of carboxylic acid groups (broad SMARTS) is 1. The molecular weight excluding hydrogens is 436 g/mol. The van der Waals surface area contributed by atoms with Crippen LogP contribution in [-0.4, -0.2) is 36.9 Å². The fraction of sp³-hybridized carbons (Fsp3) is 0.231. The second-order valence-electron chi connectivity index (χ2n) is 7.43. The molecular formula is C26H26N2O4S. The zero-order valence-corrected chi connectivity index (χ0v) is 19.2. The van der Waals surface area contributed by atoms with Crippen LogP contribution in [0.4, 0.5) is 5.69 Å². The van der Waals surface area contributed by atoms with Gasteiger partial charge in [-0.1, -0.05) is 54.2 Å². The Hall–Kier alpha value is -3.29. The largest absolute Gasteiger partial charge is 0.492 e. The number of rotatable bonds is 10. The van der Waals surface area contributed by atoms with Crippen molar-refractivity contribution in [3.8, 4) is 5.75 Å². The highest BCUT2D eigenvalue weighted by Gasteiger charge is 2.17. The highest BCUT2D eigenvalue weighted by atomic mass is 32.2. The Morgan fingerprint density at radius 3 is 2.61 bits per heavy atom. The van der Waals surface area contributed by atoms with E-state index in [4.69, 9.17) is 14.5 Å². The molecule has 1 atom stereocenters. The number of fused-ring (bicyclic) bond motifs is 2. The van der Waals surface area contributed by atoms with Gasteiger partial charge in [-0.25, -0.2) is 9.79 Å². The molecule has 0 saturated carbocycles. The number of carbonyl (C=O) groups is 1. The quantitative estimate of drug-likeness (QED) is 0.449. The Bertz CT molecular complexity index is 1230.